The lowest BCUT2D eigenvalue weighted by molar-refractivity contribution is -0.307. The summed E-state index contributed by atoms with van der Waals surface area (Å²) >= 11 is 0. The van der Waals surface area contributed by atoms with Gasteiger partial charge < -0.3 is 30.0 Å². The van der Waals surface area contributed by atoms with E-state index in [2.05, 4.69) is 10.6 Å². The van der Waals surface area contributed by atoms with E-state index in [1.54, 1.807) is 24.3 Å². The Morgan fingerprint density at radius 2 is 1.76 bits per heavy atom. The van der Waals surface area contributed by atoms with E-state index in [1.807, 2.05) is 36.4 Å². The number of hydrogen-bond donors (Lipinski definition) is 2. The van der Waals surface area contributed by atoms with Gasteiger partial charge in [-0.05, 0) is 35.9 Å². The van der Waals surface area contributed by atoms with Gasteiger partial charge in [0.1, 0.15) is 6.61 Å². The summed E-state index contributed by atoms with van der Waals surface area (Å²) in [4.78, 5) is 23.9. The van der Waals surface area contributed by atoms with Crippen molar-refractivity contribution in [3.8, 4) is 17.6 Å². The molecule has 0 fully saturated rings. The van der Waals surface area contributed by atoms with Crippen LogP contribution in [0.2, 0.25) is 0 Å². The zero-order valence-electron chi connectivity index (χ0n) is 18.1. The Labute approximate surface area is 191 Å². The number of rotatable bonds is 9. The molecule has 1 atom stereocenters. The number of anilines is 2. The topological polar surface area (TPSA) is 124 Å². The first-order chi connectivity index (χ1) is 15.9. The standard InChI is InChI=1S/C25H23N3O5/c1-16(29)27-21-13-23(33-15-18-6-4-3-5-7-18)22(32-2)12-20(21)24(25(30)31)28-19-10-8-17(14-26)9-11-19/h3-13,24,28H,15H2,1-2H3,(H,27,29)(H,30,31)/p-1. The van der Waals surface area contributed by atoms with Crippen LogP contribution in [-0.2, 0) is 16.2 Å². The van der Waals surface area contributed by atoms with Gasteiger partial charge in [0.05, 0.1) is 36.4 Å². The van der Waals surface area contributed by atoms with Crippen molar-refractivity contribution in [2.45, 2.75) is 19.6 Å². The smallest absolute Gasteiger partial charge is 0.221 e. The molecular formula is C25H22N3O5-. The van der Waals surface area contributed by atoms with Crippen LogP contribution in [-0.4, -0.2) is 19.0 Å². The van der Waals surface area contributed by atoms with Gasteiger partial charge in [-0.15, -0.1) is 0 Å². The fraction of sp³-hybridized carbons (Fsp3) is 0.160. The van der Waals surface area contributed by atoms with Crippen molar-refractivity contribution < 1.29 is 24.2 Å². The van der Waals surface area contributed by atoms with Crippen LogP contribution in [0.5, 0.6) is 11.5 Å². The van der Waals surface area contributed by atoms with E-state index in [4.69, 9.17) is 14.7 Å². The van der Waals surface area contributed by atoms with Gasteiger partial charge in [0.15, 0.2) is 11.5 Å². The maximum Gasteiger partial charge on any atom is 0.221 e. The fourth-order valence-corrected chi connectivity index (χ4v) is 3.19. The van der Waals surface area contributed by atoms with Crippen LogP contribution in [0.1, 0.15) is 29.7 Å². The third-order valence-electron chi connectivity index (χ3n) is 4.76. The molecule has 2 N–H and O–H groups in total. The molecule has 3 aromatic carbocycles. The first-order valence-corrected chi connectivity index (χ1v) is 10.0. The molecule has 3 aromatic rings. The quantitative estimate of drug-likeness (QED) is 0.520. The number of amides is 1. The van der Waals surface area contributed by atoms with E-state index >= 15 is 0 Å². The molecule has 0 aliphatic heterocycles. The van der Waals surface area contributed by atoms with E-state index in [0.717, 1.165) is 5.56 Å². The summed E-state index contributed by atoms with van der Waals surface area (Å²) < 4.78 is 11.3. The van der Waals surface area contributed by atoms with E-state index in [-0.39, 0.29) is 23.8 Å². The van der Waals surface area contributed by atoms with Gasteiger partial charge in [-0.3, -0.25) is 4.79 Å². The Hall–Kier alpha value is -4.51. The molecule has 0 saturated heterocycles. The molecule has 8 heteroatoms. The van der Waals surface area contributed by atoms with Crippen LogP contribution in [0.15, 0.2) is 66.7 Å². The summed E-state index contributed by atoms with van der Waals surface area (Å²) in [7, 11) is 1.44. The number of methoxy groups -OCH3 is 1. The summed E-state index contributed by atoms with van der Waals surface area (Å²) in [6.07, 6.45) is 0. The van der Waals surface area contributed by atoms with Crippen molar-refractivity contribution in [1.29, 1.82) is 5.26 Å². The summed E-state index contributed by atoms with van der Waals surface area (Å²) in [5.41, 5.74) is 2.28. The Balaban J connectivity index is 1.98. The minimum absolute atomic E-state index is 0.221. The van der Waals surface area contributed by atoms with Crippen LogP contribution in [0, 0.1) is 11.3 Å². The number of aliphatic carboxylic acids is 1. The molecule has 0 heterocycles. The predicted octanol–water partition coefficient (Wildman–Crippen LogP) is 3.01. The lowest BCUT2D eigenvalue weighted by Gasteiger charge is -2.25. The van der Waals surface area contributed by atoms with Gasteiger partial charge in [-0.2, -0.15) is 5.26 Å². The number of nitrogens with zero attached hydrogens (tertiary/aromatic N) is 1. The number of hydrogen-bond acceptors (Lipinski definition) is 7. The summed E-state index contributed by atoms with van der Waals surface area (Å²) in [5.74, 6) is -1.16. The molecule has 0 spiro atoms. The number of nitriles is 1. The van der Waals surface area contributed by atoms with Crippen LogP contribution in [0.3, 0.4) is 0 Å². The summed E-state index contributed by atoms with van der Waals surface area (Å²) in [5, 5.41) is 26.5. The largest absolute Gasteiger partial charge is 0.548 e. The number of ether oxygens (including phenoxy) is 2. The SMILES string of the molecule is COc1cc(C(Nc2ccc(C#N)cc2)C(=O)[O-])c(NC(C)=O)cc1OCc1ccccc1. The Bertz CT molecular complexity index is 1170. The lowest BCUT2D eigenvalue weighted by atomic mass is 10.0. The van der Waals surface area contributed by atoms with Crippen molar-refractivity contribution in [2.75, 3.05) is 17.7 Å². The van der Waals surface area contributed by atoms with Crippen LogP contribution in [0.25, 0.3) is 0 Å². The molecule has 0 saturated carbocycles. The number of carboxylic acids is 1. The minimum Gasteiger partial charge on any atom is -0.548 e. The Kier molecular flexibility index (Phi) is 7.50. The van der Waals surface area contributed by atoms with E-state index in [9.17, 15) is 14.7 Å². The van der Waals surface area contributed by atoms with Gasteiger partial charge in [-0.25, -0.2) is 0 Å². The highest BCUT2D eigenvalue weighted by Gasteiger charge is 2.22. The highest BCUT2D eigenvalue weighted by Crippen LogP contribution is 2.38. The predicted molar refractivity (Wildman–Crippen MR) is 121 cm³/mol. The van der Waals surface area contributed by atoms with Crippen molar-refractivity contribution in [3.05, 3.63) is 83.4 Å². The van der Waals surface area contributed by atoms with Gasteiger partial charge >= 0.3 is 0 Å². The second-order valence-corrected chi connectivity index (χ2v) is 7.13. The molecule has 1 amide bonds. The van der Waals surface area contributed by atoms with Crippen LogP contribution < -0.4 is 25.2 Å². The maximum atomic E-state index is 12.0. The van der Waals surface area contributed by atoms with Gasteiger partial charge in [0.2, 0.25) is 5.91 Å². The molecule has 0 aromatic heterocycles. The van der Waals surface area contributed by atoms with Gasteiger partial charge in [0.25, 0.3) is 0 Å². The molecule has 33 heavy (non-hydrogen) atoms. The van der Waals surface area contributed by atoms with Crippen molar-refractivity contribution >= 4 is 23.3 Å². The lowest BCUT2D eigenvalue weighted by Crippen LogP contribution is -2.35. The molecule has 168 valence electrons. The number of carbonyl (C=O) groups excluding carboxylic acids is 2. The normalized spacial score (nSPS) is 11.1. The average Bonchev–Trinajstić information content (AvgIpc) is 2.82. The van der Waals surface area contributed by atoms with E-state index in [0.29, 0.717) is 22.7 Å². The number of benzene rings is 3. The van der Waals surface area contributed by atoms with E-state index < -0.39 is 12.0 Å². The number of nitrogens with one attached hydrogen (secondary N) is 2. The zero-order valence-corrected chi connectivity index (χ0v) is 18.1. The monoisotopic (exact) mass is 444 g/mol. The highest BCUT2D eigenvalue weighted by molar-refractivity contribution is 5.92. The molecule has 8 nitrogen and oxygen atoms in total. The highest BCUT2D eigenvalue weighted by atomic mass is 16.5. The van der Waals surface area contributed by atoms with Crippen molar-refractivity contribution in [3.63, 3.8) is 0 Å². The Morgan fingerprint density at radius 1 is 1.06 bits per heavy atom. The first-order valence-electron chi connectivity index (χ1n) is 10.0. The van der Waals surface area contributed by atoms with Crippen molar-refractivity contribution in [1.82, 2.24) is 0 Å². The number of carbonyl (C=O) groups is 2. The molecule has 3 rings (SSSR count). The molecule has 0 radical (unpaired) electrons. The summed E-state index contributed by atoms with van der Waals surface area (Å²) in [6.45, 7) is 1.57. The zero-order chi connectivity index (χ0) is 23.8. The molecule has 1 unspecified atom stereocenters. The van der Waals surface area contributed by atoms with E-state index in [1.165, 1.54) is 26.2 Å². The molecule has 0 bridgehead atoms. The molecule has 0 aliphatic rings. The summed E-state index contributed by atoms with van der Waals surface area (Å²) in [6, 6.07) is 19.5. The van der Waals surface area contributed by atoms with Gasteiger partial charge in [0, 0.05) is 24.2 Å². The first kappa shape index (κ1) is 23.2. The van der Waals surface area contributed by atoms with Gasteiger partial charge in [-0.1, -0.05) is 30.3 Å². The third-order valence-corrected chi connectivity index (χ3v) is 4.76. The third kappa shape index (κ3) is 6.02. The van der Waals surface area contributed by atoms with Crippen LogP contribution >= 0.6 is 0 Å². The Morgan fingerprint density at radius 3 is 2.33 bits per heavy atom. The number of carboxylic acid groups (broad SMARTS) is 1. The van der Waals surface area contributed by atoms with Crippen molar-refractivity contribution in [2.24, 2.45) is 0 Å². The molecular weight excluding hydrogens is 422 g/mol. The average molecular weight is 444 g/mol. The fourth-order valence-electron chi connectivity index (χ4n) is 3.19. The maximum absolute atomic E-state index is 12.0. The molecule has 0 aliphatic carbocycles. The second kappa shape index (κ2) is 10.7. The van der Waals surface area contributed by atoms with Crippen LogP contribution in [0.4, 0.5) is 11.4 Å². The minimum atomic E-state index is -1.41. The second-order valence-electron chi connectivity index (χ2n) is 7.13.